The summed E-state index contributed by atoms with van der Waals surface area (Å²) in [7, 11) is 0. The van der Waals surface area contributed by atoms with Crippen LogP contribution in [-0.4, -0.2) is 60.8 Å². The summed E-state index contributed by atoms with van der Waals surface area (Å²) in [4.78, 5) is 18.0. The maximum Gasteiger partial charge on any atom is 0.254 e. The van der Waals surface area contributed by atoms with Crippen LogP contribution in [0.15, 0.2) is 16.9 Å². The molecule has 0 bridgehead atoms. The van der Waals surface area contributed by atoms with Crippen molar-refractivity contribution in [3.05, 3.63) is 29.8 Å². The predicted octanol–water partition coefficient (Wildman–Crippen LogP) is 1.41. The Kier molecular flexibility index (Phi) is 3.81. The van der Waals surface area contributed by atoms with Gasteiger partial charge in [-0.3, -0.25) is 4.90 Å². The van der Waals surface area contributed by atoms with Crippen LogP contribution in [0.2, 0.25) is 0 Å². The van der Waals surface area contributed by atoms with Gasteiger partial charge in [0.1, 0.15) is 12.1 Å². The minimum Gasteiger partial charge on any atom is -0.355 e. The lowest BCUT2D eigenvalue weighted by Gasteiger charge is -2.23. The van der Waals surface area contributed by atoms with E-state index in [9.17, 15) is 0 Å². The highest BCUT2D eigenvalue weighted by Gasteiger charge is 2.30. The van der Waals surface area contributed by atoms with Crippen LogP contribution in [-0.2, 0) is 6.54 Å². The number of rotatable bonds is 4. The number of anilines is 1. The molecule has 2 aliphatic rings. The van der Waals surface area contributed by atoms with Crippen molar-refractivity contribution in [1.29, 1.82) is 0 Å². The third kappa shape index (κ3) is 3.03. The van der Waals surface area contributed by atoms with E-state index in [1.54, 1.807) is 6.33 Å². The molecular weight excluding hydrogens is 332 g/mol. The van der Waals surface area contributed by atoms with Crippen LogP contribution in [0.5, 0.6) is 0 Å². The van der Waals surface area contributed by atoms with E-state index in [4.69, 9.17) is 4.52 Å². The van der Waals surface area contributed by atoms with E-state index in [1.165, 1.54) is 12.8 Å². The van der Waals surface area contributed by atoms with E-state index >= 15 is 0 Å². The molecule has 2 fully saturated rings. The van der Waals surface area contributed by atoms with Crippen LogP contribution in [0.3, 0.4) is 0 Å². The summed E-state index contributed by atoms with van der Waals surface area (Å²) in [5.74, 6) is 3.84. The number of hydrogen-bond donors (Lipinski definition) is 0. The average Bonchev–Trinajstić information content (AvgIpc) is 3.27. The fourth-order valence-electron chi connectivity index (χ4n) is 3.52. The Morgan fingerprint density at radius 2 is 2.08 bits per heavy atom. The van der Waals surface area contributed by atoms with Gasteiger partial charge in [-0.2, -0.15) is 19.6 Å². The maximum atomic E-state index is 5.38. The summed E-state index contributed by atoms with van der Waals surface area (Å²) in [6.45, 7) is 6.62. The molecule has 1 saturated carbocycles. The van der Waals surface area contributed by atoms with Crippen molar-refractivity contribution in [3.8, 4) is 0 Å². The Labute approximate surface area is 151 Å². The molecule has 5 rings (SSSR count). The van der Waals surface area contributed by atoms with Gasteiger partial charge in [0.15, 0.2) is 5.82 Å². The second kappa shape index (κ2) is 6.31. The van der Waals surface area contributed by atoms with Crippen molar-refractivity contribution in [2.75, 3.05) is 31.1 Å². The SMILES string of the molecule is Cc1cc(N2CCCN(Cc3noc(C4CC4)n3)CC2)n2ncnc2n1. The molecule has 1 saturated heterocycles. The molecule has 4 heterocycles. The van der Waals surface area contributed by atoms with Crippen molar-refractivity contribution >= 4 is 11.6 Å². The largest absolute Gasteiger partial charge is 0.355 e. The first-order chi connectivity index (χ1) is 12.8. The van der Waals surface area contributed by atoms with Crippen LogP contribution in [0.1, 0.15) is 42.6 Å². The first kappa shape index (κ1) is 15.7. The molecule has 0 unspecified atom stereocenters. The molecule has 0 aromatic carbocycles. The minimum absolute atomic E-state index is 0.510. The quantitative estimate of drug-likeness (QED) is 0.695. The topological polar surface area (TPSA) is 88.5 Å². The molecule has 9 nitrogen and oxygen atoms in total. The van der Waals surface area contributed by atoms with Gasteiger partial charge in [-0.1, -0.05) is 5.16 Å². The molecule has 3 aromatic heterocycles. The number of aromatic nitrogens is 6. The van der Waals surface area contributed by atoms with Crippen LogP contribution in [0, 0.1) is 6.92 Å². The fraction of sp³-hybridized carbons (Fsp3) is 0.588. The number of hydrogen-bond acceptors (Lipinski definition) is 8. The zero-order valence-electron chi connectivity index (χ0n) is 14.9. The lowest BCUT2D eigenvalue weighted by molar-refractivity contribution is 0.271. The molecule has 9 heteroatoms. The lowest BCUT2D eigenvalue weighted by Crippen LogP contribution is -2.32. The monoisotopic (exact) mass is 354 g/mol. The minimum atomic E-state index is 0.510. The van der Waals surface area contributed by atoms with Gasteiger partial charge in [0.25, 0.3) is 5.78 Å². The van der Waals surface area contributed by atoms with E-state index in [2.05, 4.69) is 41.1 Å². The second-order valence-electron chi connectivity index (χ2n) is 7.17. The van der Waals surface area contributed by atoms with Gasteiger partial charge in [0.05, 0.1) is 6.54 Å². The van der Waals surface area contributed by atoms with E-state index in [0.717, 1.165) is 62.4 Å². The number of aryl methyl sites for hydroxylation is 1. The van der Waals surface area contributed by atoms with Crippen LogP contribution in [0.25, 0.3) is 5.78 Å². The van der Waals surface area contributed by atoms with Gasteiger partial charge >= 0.3 is 0 Å². The van der Waals surface area contributed by atoms with Gasteiger partial charge < -0.3 is 9.42 Å². The Bertz CT molecular complexity index is 915. The van der Waals surface area contributed by atoms with Gasteiger partial charge in [0.2, 0.25) is 5.89 Å². The smallest absolute Gasteiger partial charge is 0.254 e. The van der Waals surface area contributed by atoms with Crippen molar-refractivity contribution < 1.29 is 4.52 Å². The third-order valence-corrected chi connectivity index (χ3v) is 5.05. The van der Waals surface area contributed by atoms with Crippen LogP contribution in [0.4, 0.5) is 5.82 Å². The van der Waals surface area contributed by atoms with Gasteiger partial charge in [0, 0.05) is 43.9 Å². The van der Waals surface area contributed by atoms with E-state index in [1.807, 2.05) is 11.4 Å². The molecule has 26 heavy (non-hydrogen) atoms. The van der Waals surface area contributed by atoms with Gasteiger partial charge in [-0.25, -0.2) is 4.98 Å². The fourth-order valence-corrected chi connectivity index (χ4v) is 3.52. The zero-order valence-corrected chi connectivity index (χ0v) is 14.9. The van der Waals surface area contributed by atoms with E-state index < -0.39 is 0 Å². The average molecular weight is 354 g/mol. The summed E-state index contributed by atoms with van der Waals surface area (Å²) >= 11 is 0. The Balaban J connectivity index is 1.29. The Hall–Kier alpha value is -2.55. The van der Waals surface area contributed by atoms with Crippen molar-refractivity contribution in [1.82, 2.24) is 34.6 Å². The Morgan fingerprint density at radius 1 is 1.15 bits per heavy atom. The van der Waals surface area contributed by atoms with Crippen LogP contribution >= 0.6 is 0 Å². The highest BCUT2D eigenvalue weighted by atomic mass is 16.5. The lowest BCUT2D eigenvalue weighted by atomic mass is 10.3. The standard InChI is InChI=1S/C17H22N8O/c1-12-9-15(25-17(20-12)18-11-19-25)24-6-2-5-23(7-8-24)10-14-21-16(26-22-14)13-3-4-13/h9,11,13H,2-8,10H2,1H3. The highest BCUT2D eigenvalue weighted by Crippen LogP contribution is 2.38. The molecule has 3 aromatic rings. The normalized spacial score (nSPS) is 19.2. The molecule has 0 atom stereocenters. The summed E-state index contributed by atoms with van der Waals surface area (Å²) in [5, 5.41) is 8.49. The maximum absolute atomic E-state index is 5.38. The van der Waals surface area contributed by atoms with Crippen LogP contribution < -0.4 is 4.90 Å². The van der Waals surface area contributed by atoms with Crippen molar-refractivity contribution in [3.63, 3.8) is 0 Å². The Morgan fingerprint density at radius 3 is 2.96 bits per heavy atom. The van der Waals surface area contributed by atoms with Crippen molar-refractivity contribution in [2.24, 2.45) is 0 Å². The van der Waals surface area contributed by atoms with Gasteiger partial charge in [-0.15, -0.1) is 0 Å². The molecule has 0 N–H and O–H groups in total. The summed E-state index contributed by atoms with van der Waals surface area (Å²) in [6.07, 6.45) is 5.00. The van der Waals surface area contributed by atoms with Gasteiger partial charge in [-0.05, 0) is 26.2 Å². The second-order valence-corrected chi connectivity index (χ2v) is 7.17. The van der Waals surface area contributed by atoms with E-state index in [-0.39, 0.29) is 0 Å². The molecule has 0 radical (unpaired) electrons. The molecule has 0 spiro atoms. The molecule has 136 valence electrons. The predicted molar refractivity (Wildman–Crippen MR) is 93.9 cm³/mol. The summed E-state index contributed by atoms with van der Waals surface area (Å²) < 4.78 is 7.20. The zero-order chi connectivity index (χ0) is 17.5. The highest BCUT2D eigenvalue weighted by molar-refractivity contribution is 5.47. The molecule has 1 aliphatic carbocycles. The summed E-state index contributed by atoms with van der Waals surface area (Å²) in [5.41, 5.74) is 0.959. The molecule has 0 amide bonds. The number of fused-ring (bicyclic) bond motifs is 1. The number of nitrogens with zero attached hydrogens (tertiary/aromatic N) is 8. The summed E-state index contributed by atoms with van der Waals surface area (Å²) in [6, 6.07) is 2.08. The van der Waals surface area contributed by atoms with E-state index in [0.29, 0.717) is 11.7 Å². The first-order valence-corrected chi connectivity index (χ1v) is 9.23. The van der Waals surface area contributed by atoms with Crippen molar-refractivity contribution in [2.45, 2.75) is 38.6 Å². The first-order valence-electron chi connectivity index (χ1n) is 9.23. The third-order valence-electron chi connectivity index (χ3n) is 5.05. The molecule has 1 aliphatic heterocycles. The molecular formula is C17H22N8O.